The molecule has 0 amide bonds. The molecule has 0 heterocycles. The van der Waals surface area contributed by atoms with Crippen LogP contribution in [0.25, 0.3) is 0 Å². The fraction of sp³-hybridized carbons (Fsp3) is 0.250. The molecular formula is C12H14O3. The average Bonchev–Trinajstić information content (AvgIpc) is 2.12. The van der Waals surface area contributed by atoms with Crippen LogP contribution in [0.1, 0.15) is 18.1 Å². The fourth-order valence-corrected chi connectivity index (χ4v) is 1.35. The van der Waals surface area contributed by atoms with Gasteiger partial charge in [0.2, 0.25) is 0 Å². The molecule has 0 aliphatic carbocycles. The predicted octanol–water partition coefficient (Wildman–Crippen LogP) is 2.35. The van der Waals surface area contributed by atoms with E-state index < -0.39 is 0 Å². The lowest BCUT2D eigenvalue weighted by molar-refractivity contribution is -0.131. The van der Waals surface area contributed by atoms with Gasteiger partial charge in [0.15, 0.2) is 0 Å². The van der Waals surface area contributed by atoms with Crippen molar-refractivity contribution in [1.29, 1.82) is 0 Å². The number of aromatic hydroxyl groups is 1. The second-order valence-electron chi connectivity index (χ2n) is 3.33. The number of phenols is 1. The molecule has 0 unspecified atom stereocenters. The predicted molar refractivity (Wildman–Crippen MR) is 58.1 cm³/mol. The molecule has 0 aliphatic heterocycles. The van der Waals surface area contributed by atoms with Crippen LogP contribution in [0.4, 0.5) is 0 Å². The van der Waals surface area contributed by atoms with Crippen molar-refractivity contribution in [3.63, 3.8) is 0 Å². The maximum absolute atomic E-state index is 10.8. The zero-order chi connectivity index (χ0) is 11.4. The Balaban J connectivity index is 3.10. The summed E-state index contributed by atoms with van der Waals surface area (Å²) in [7, 11) is 0. The van der Waals surface area contributed by atoms with Gasteiger partial charge in [0.1, 0.15) is 11.5 Å². The first-order valence-electron chi connectivity index (χ1n) is 4.66. The van der Waals surface area contributed by atoms with Gasteiger partial charge >= 0.3 is 5.97 Å². The molecule has 1 aromatic rings. The molecule has 1 rings (SSSR count). The van der Waals surface area contributed by atoms with E-state index in [-0.39, 0.29) is 11.7 Å². The van der Waals surface area contributed by atoms with Crippen molar-refractivity contribution in [2.24, 2.45) is 0 Å². The van der Waals surface area contributed by atoms with Crippen molar-refractivity contribution in [3.8, 4) is 11.5 Å². The first kappa shape index (κ1) is 11.3. The first-order valence-corrected chi connectivity index (χ1v) is 4.66. The van der Waals surface area contributed by atoms with Crippen LogP contribution in [0.15, 0.2) is 24.8 Å². The van der Waals surface area contributed by atoms with Gasteiger partial charge in [-0.1, -0.05) is 6.08 Å². The molecule has 0 spiro atoms. The molecule has 3 heteroatoms. The number of phenolic OH excluding ortho intramolecular Hbond substituents is 1. The van der Waals surface area contributed by atoms with E-state index in [2.05, 4.69) is 6.58 Å². The molecule has 0 bridgehead atoms. The topological polar surface area (TPSA) is 46.5 Å². The molecule has 0 saturated heterocycles. The Hall–Kier alpha value is -1.77. The molecule has 1 N–H and O–H groups in total. The van der Waals surface area contributed by atoms with E-state index in [1.165, 1.54) is 6.92 Å². The monoisotopic (exact) mass is 206 g/mol. The smallest absolute Gasteiger partial charge is 0.308 e. The SMILES string of the molecule is C=CCc1cc(OC(C)=O)cc(C)c1O. The summed E-state index contributed by atoms with van der Waals surface area (Å²) >= 11 is 0. The van der Waals surface area contributed by atoms with Crippen LogP contribution < -0.4 is 4.74 Å². The zero-order valence-corrected chi connectivity index (χ0v) is 8.91. The molecule has 15 heavy (non-hydrogen) atoms. The van der Waals surface area contributed by atoms with Crippen LogP contribution in [0, 0.1) is 6.92 Å². The van der Waals surface area contributed by atoms with Gasteiger partial charge in [-0.3, -0.25) is 4.79 Å². The second kappa shape index (κ2) is 4.64. The van der Waals surface area contributed by atoms with Crippen molar-refractivity contribution < 1.29 is 14.6 Å². The molecule has 0 saturated carbocycles. The summed E-state index contributed by atoms with van der Waals surface area (Å²) in [5.41, 5.74) is 1.40. The lowest BCUT2D eigenvalue weighted by Crippen LogP contribution is -2.02. The highest BCUT2D eigenvalue weighted by atomic mass is 16.5. The van der Waals surface area contributed by atoms with E-state index in [1.54, 1.807) is 25.1 Å². The number of hydrogen-bond donors (Lipinski definition) is 1. The summed E-state index contributed by atoms with van der Waals surface area (Å²) < 4.78 is 4.95. The number of hydrogen-bond acceptors (Lipinski definition) is 3. The minimum atomic E-state index is -0.371. The highest BCUT2D eigenvalue weighted by Crippen LogP contribution is 2.28. The number of rotatable bonds is 3. The Morgan fingerprint density at radius 1 is 1.60 bits per heavy atom. The van der Waals surface area contributed by atoms with Gasteiger partial charge in [0, 0.05) is 12.5 Å². The standard InChI is InChI=1S/C12H14O3/c1-4-5-10-7-11(15-9(3)13)6-8(2)12(10)14/h4,6-7,14H,1,5H2,2-3H3. The van der Waals surface area contributed by atoms with E-state index in [1.807, 2.05) is 0 Å². The third-order valence-corrected chi connectivity index (χ3v) is 1.98. The molecule has 0 atom stereocenters. The van der Waals surface area contributed by atoms with E-state index >= 15 is 0 Å². The third kappa shape index (κ3) is 2.84. The van der Waals surface area contributed by atoms with Crippen molar-refractivity contribution in [2.45, 2.75) is 20.3 Å². The fourth-order valence-electron chi connectivity index (χ4n) is 1.35. The molecular weight excluding hydrogens is 192 g/mol. The number of benzene rings is 1. The largest absolute Gasteiger partial charge is 0.507 e. The van der Waals surface area contributed by atoms with Crippen LogP contribution in [0.2, 0.25) is 0 Å². The minimum absolute atomic E-state index is 0.228. The Kier molecular flexibility index (Phi) is 3.50. The van der Waals surface area contributed by atoms with Gasteiger partial charge < -0.3 is 9.84 Å². The van der Waals surface area contributed by atoms with Gasteiger partial charge in [-0.05, 0) is 31.0 Å². The number of allylic oxidation sites excluding steroid dienone is 1. The van der Waals surface area contributed by atoms with Crippen molar-refractivity contribution >= 4 is 5.97 Å². The average molecular weight is 206 g/mol. The molecule has 3 nitrogen and oxygen atoms in total. The lowest BCUT2D eigenvalue weighted by Gasteiger charge is -2.08. The highest BCUT2D eigenvalue weighted by Gasteiger charge is 2.07. The maximum atomic E-state index is 10.8. The van der Waals surface area contributed by atoms with Gasteiger partial charge in [-0.2, -0.15) is 0 Å². The number of carbonyl (C=O) groups excluding carboxylic acids is 1. The summed E-state index contributed by atoms with van der Waals surface area (Å²) in [6.45, 7) is 6.70. The normalized spacial score (nSPS) is 9.73. The lowest BCUT2D eigenvalue weighted by atomic mass is 10.1. The van der Waals surface area contributed by atoms with Gasteiger partial charge in [-0.15, -0.1) is 6.58 Å². The van der Waals surface area contributed by atoms with Crippen LogP contribution in [0.5, 0.6) is 11.5 Å². The van der Waals surface area contributed by atoms with Crippen LogP contribution in [-0.4, -0.2) is 11.1 Å². The van der Waals surface area contributed by atoms with Crippen molar-refractivity contribution in [3.05, 3.63) is 35.9 Å². The Labute approximate surface area is 89.0 Å². The van der Waals surface area contributed by atoms with Crippen LogP contribution in [0.3, 0.4) is 0 Å². The molecule has 0 fully saturated rings. The van der Waals surface area contributed by atoms with Gasteiger partial charge in [-0.25, -0.2) is 0 Å². The first-order chi connectivity index (χ1) is 7.04. The Morgan fingerprint density at radius 3 is 2.80 bits per heavy atom. The minimum Gasteiger partial charge on any atom is -0.507 e. The number of carbonyl (C=O) groups is 1. The molecule has 0 aromatic heterocycles. The number of aryl methyl sites for hydroxylation is 1. The summed E-state index contributed by atoms with van der Waals surface area (Å²) in [5, 5.41) is 9.70. The van der Waals surface area contributed by atoms with E-state index in [4.69, 9.17) is 4.74 Å². The molecule has 0 radical (unpaired) electrons. The Morgan fingerprint density at radius 2 is 2.27 bits per heavy atom. The summed E-state index contributed by atoms with van der Waals surface area (Å²) in [4.78, 5) is 10.8. The molecule has 0 aliphatic rings. The third-order valence-electron chi connectivity index (χ3n) is 1.98. The van der Waals surface area contributed by atoms with Gasteiger partial charge in [0.25, 0.3) is 0 Å². The van der Waals surface area contributed by atoms with Crippen LogP contribution >= 0.6 is 0 Å². The van der Waals surface area contributed by atoms with Crippen molar-refractivity contribution in [1.82, 2.24) is 0 Å². The van der Waals surface area contributed by atoms with Crippen molar-refractivity contribution in [2.75, 3.05) is 0 Å². The summed E-state index contributed by atoms with van der Waals surface area (Å²) in [5.74, 6) is 0.310. The molecule has 80 valence electrons. The summed E-state index contributed by atoms with van der Waals surface area (Å²) in [6, 6.07) is 3.27. The number of ether oxygens (including phenoxy) is 1. The quantitative estimate of drug-likeness (QED) is 0.469. The second-order valence-corrected chi connectivity index (χ2v) is 3.33. The number of esters is 1. The zero-order valence-electron chi connectivity index (χ0n) is 8.91. The van der Waals surface area contributed by atoms with Gasteiger partial charge in [0.05, 0.1) is 0 Å². The Bertz CT molecular complexity index is 394. The van der Waals surface area contributed by atoms with E-state index in [0.717, 1.165) is 0 Å². The molecule has 1 aromatic carbocycles. The highest BCUT2D eigenvalue weighted by molar-refractivity contribution is 5.69. The van der Waals surface area contributed by atoms with E-state index in [9.17, 15) is 9.90 Å². The van der Waals surface area contributed by atoms with E-state index in [0.29, 0.717) is 23.3 Å². The van der Waals surface area contributed by atoms with Crippen LogP contribution in [-0.2, 0) is 11.2 Å². The maximum Gasteiger partial charge on any atom is 0.308 e. The summed E-state index contributed by atoms with van der Waals surface area (Å²) in [6.07, 6.45) is 2.23.